The molecule has 0 saturated carbocycles. The molecule has 0 unspecified atom stereocenters. The van der Waals surface area contributed by atoms with E-state index in [1.807, 2.05) is 24.8 Å². The van der Waals surface area contributed by atoms with Crippen molar-refractivity contribution in [3.8, 4) is 0 Å². The van der Waals surface area contributed by atoms with Gasteiger partial charge in [0, 0.05) is 44.1 Å². The number of likely N-dealkylation sites (tertiary alicyclic amines) is 1. The first-order valence-corrected chi connectivity index (χ1v) is 10.0. The van der Waals surface area contributed by atoms with Crippen LogP contribution in [0.2, 0.25) is 0 Å². The average molecular weight is 371 g/mol. The Hall–Kier alpha value is -2.15. The van der Waals surface area contributed by atoms with Crippen LogP contribution in [-0.2, 0) is 17.8 Å². The molecule has 7 heteroatoms. The molecular weight excluding hydrogens is 342 g/mol. The Morgan fingerprint density at radius 3 is 2.74 bits per heavy atom. The molecule has 4 rings (SSSR count). The molecular formula is C20H29N5O2. The van der Waals surface area contributed by atoms with Crippen molar-refractivity contribution in [2.75, 3.05) is 13.1 Å². The number of nitrogens with one attached hydrogen (secondary N) is 1. The van der Waals surface area contributed by atoms with Gasteiger partial charge in [-0.25, -0.2) is 9.50 Å². The maximum absolute atomic E-state index is 13.1. The van der Waals surface area contributed by atoms with E-state index in [1.165, 1.54) is 0 Å². The maximum Gasteiger partial charge on any atom is 0.277 e. The minimum atomic E-state index is -0.0230. The molecule has 2 aliphatic heterocycles. The largest absolute Gasteiger partial charge is 0.334 e. The van der Waals surface area contributed by atoms with Gasteiger partial charge in [0.2, 0.25) is 5.91 Å². The number of carbonyl (C=O) groups is 1. The molecule has 1 N–H and O–H groups in total. The highest BCUT2D eigenvalue weighted by atomic mass is 16.2. The van der Waals surface area contributed by atoms with Gasteiger partial charge in [0.1, 0.15) is 0 Å². The van der Waals surface area contributed by atoms with Crippen molar-refractivity contribution in [1.29, 1.82) is 0 Å². The minimum absolute atomic E-state index is 0.00481. The number of aromatic nitrogens is 3. The molecule has 0 bridgehead atoms. The zero-order chi connectivity index (χ0) is 19.3. The summed E-state index contributed by atoms with van der Waals surface area (Å²) >= 11 is 0. The summed E-state index contributed by atoms with van der Waals surface area (Å²) in [5.74, 6) is 0.147. The van der Waals surface area contributed by atoms with E-state index < -0.39 is 0 Å². The summed E-state index contributed by atoms with van der Waals surface area (Å²) in [6, 6.07) is 2.37. The summed E-state index contributed by atoms with van der Waals surface area (Å²) in [4.78, 5) is 34.6. The summed E-state index contributed by atoms with van der Waals surface area (Å²) in [6.07, 6.45) is 2.71. The first-order valence-electron chi connectivity index (χ1n) is 10.0. The first kappa shape index (κ1) is 18.2. The fraction of sp³-hybridized carbons (Fsp3) is 0.650. The maximum atomic E-state index is 13.1. The van der Waals surface area contributed by atoms with Crippen LogP contribution in [0.25, 0.3) is 5.65 Å². The van der Waals surface area contributed by atoms with E-state index in [0.29, 0.717) is 18.2 Å². The molecule has 0 aliphatic carbocycles. The highest BCUT2D eigenvalue weighted by molar-refractivity contribution is 5.78. The van der Waals surface area contributed by atoms with Crippen molar-refractivity contribution < 1.29 is 4.79 Å². The molecule has 1 atom stereocenters. The van der Waals surface area contributed by atoms with Gasteiger partial charge in [-0.2, -0.15) is 0 Å². The van der Waals surface area contributed by atoms with E-state index in [1.54, 1.807) is 4.52 Å². The number of carbonyl (C=O) groups excluding carboxylic acids is 1. The Bertz CT molecular complexity index is 926. The third-order valence-corrected chi connectivity index (χ3v) is 5.93. The number of nitrogens with zero attached hydrogens (tertiary/aromatic N) is 4. The van der Waals surface area contributed by atoms with Crippen molar-refractivity contribution >= 4 is 11.6 Å². The first-order chi connectivity index (χ1) is 12.9. The highest BCUT2D eigenvalue weighted by Gasteiger charge is 2.33. The summed E-state index contributed by atoms with van der Waals surface area (Å²) < 4.78 is 1.56. The number of H-pyrrole nitrogens is 1. The number of fused-ring (bicyclic) bond motifs is 2. The van der Waals surface area contributed by atoms with Crippen LogP contribution < -0.4 is 5.56 Å². The molecule has 27 heavy (non-hydrogen) atoms. The smallest absolute Gasteiger partial charge is 0.277 e. The van der Waals surface area contributed by atoms with Crippen molar-refractivity contribution in [3.05, 3.63) is 33.4 Å². The van der Waals surface area contributed by atoms with Gasteiger partial charge in [0.05, 0.1) is 23.0 Å². The van der Waals surface area contributed by atoms with E-state index in [9.17, 15) is 9.59 Å². The monoisotopic (exact) mass is 371 g/mol. The molecule has 0 aromatic carbocycles. The van der Waals surface area contributed by atoms with Crippen LogP contribution in [0.4, 0.5) is 0 Å². The van der Waals surface area contributed by atoms with Gasteiger partial charge in [0.15, 0.2) is 5.65 Å². The predicted octanol–water partition coefficient (Wildman–Crippen LogP) is 2.11. The summed E-state index contributed by atoms with van der Waals surface area (Å²) in [6.45, 7) is 10.5. The van der Waals surface area contributed by atoms with Gasteiger partial charge >= 0.3 is 0 Å². The number of aromatic amines is 1. The second kappa shape index (κ2) is 6.78. The average Bonchev–Trinajstić information content (AvgIpc) is 3.27. The number of rotatable bonds is 3. The van der Waals surface area contributed by atoms with Gasteiger partial charge in [-0.15, -0.1) is 0 Å². The Morgan fingerprint density at radius 1 is 1.26 bits per heavy atom. The van der Waals surface area contributed by atoms with Crippen LogP contribution in [0.1, 0.15) is 63.5 Å². The van der Waals surface area contributed by atoms with E-state index in [2.05, 4.69) is 23.8 Å². The zero-order valence-corrected chi connectivity index (χ0v) is 16.7. The topological polar surface area (TPSA) is 73.7 Å². The lowest BCUT2D eigenvalue weighted by Gasteiger charge is -2.30. The lowest BCUT2D eigenvalue weighted by atomic mass is 10.1. The van der Waals surface area contributed by atoms with Crippen molar-refractivity contribution in [3.63, 3.8) is 0 Å². The molecule has 1 saturated heterocycles. The van der Waals surface area contributed by atoms with Crippen LogP contribution >= 0.6 is 0 Å². The Morgan fingerprint density at radius 2 is 2.04 bits per heavy atom. The van der Waals surface area contributed by atoms with Crippen LogP contribution in [0.5, 0.6) is 0 Å². The van der Waals surface area contributed by atoms with Crippen molar-refractivity contribution in [2.45, 2.75) is 65.6 Å². The molecule has 7 nitrogen and oxygen atoms in total. The lowest BCUT2D eigenvalue weighted by Crippen LogP contribution is -2.40. The summed E-state index contributed by atoms with van der Waals surface area (Å²) in [5, 5.41) is 3.25. The number of hydrogen-bond acceptors (Lipinski definition) is 4. The molecule has 1 fully saturated rings. The second-order valence-corrected chi connectivity index (χ2v) is 8.41. The molecule has 146 valence electrons. The molecule has 4 heterocycles. The predicted molar refractivity (Wildman–Crippen MR) is 104 cm³/mol. The normalized spacial score (nSPS) is 20.8. The van der Waals surface area contributed by atoms with Crippen LogP contribution in [0.15, 0.2) is 10.9 Å². The number of hydrogen-bond donors (Lipinski definition) is 1. The zero-order valence-electron chi connectivity index (χ0n) is 16.7. The standard InChI is InChI=1S/C20H29N5O2/c1-12(2)19(26)24-8-5-6-17(24)16-10-18-21-15-7-9-23(13(3)4)11-14(15)20(27)25(18)22-16/h10,12-13,17,22H,5-9,11H2,1-4H3/t17-/m0/s1. The minimum Gasteiger partial charge on any atom is -0.334 e. The molecule has 2 aromatic heterocycles. The Labute approximate surface area is 159 Å². The molecule has 0 spiro atoms. The van der Waals surface area contributed by atoms with E-state index >= 15 is 0 Å². The number of amides is 1. The quantitative estimate of drug-likeness (QED) is 0.897. The molecule has 1 amide bonds. The van der Waals surface area contributed by atoms with Gasteiger partial charge in [0.25, 0.3) is 5.56 Å². The Kier molecular flexibility index (Phi) is 4.58. The third kappa shape index (κ3) is 3.08. The fourth-order valence-electron chi connectivity index (χ4n) is 4.32. The lowest BCUT2D eigenvalue weighted by molar-refractivity contribution is -0.135. The fourth-order valence-corrected chi connectivity index (χ4v) is 4.32. The van der Waals surface area contributed by atoms with E-state index in [-0.39, 0.29) is 23.4 Å². The van der Waals surface area contributed by atoms with Crippen LogP contribution in [0.3, 0.4) is 0 Å². The van der Waals surface area contributed by atoms with Gasteiger partial charge in [-0.1, -0.05) is 13.8 Å². The highest BCUT2D eigenvalue weighted by Crippen LogP contribution is 2.32. The van der Waals surface area contributed by atoms with Gasteiger partial charge in [-0.05, 0) is 26.7 Å². The van der Waals surface area contributed by atoms with Gasteiger partial charge in [-0.3, -0.25) is 19.6 Å². The molecule has 0 radical (unpaired) electrons. The van der Waals surface area contributed by atoms with Crippen LogP contribution in [-0.4, -0.2) is 49.4 Å². The molecule has 2 aliphatic rings. The van der Waals surface area contributed by atoms with Crippen molar-refractivity contribution in [1.82, 2.24) is 24.4 Å². The summed E-state index contributed by atoms with van der Waals surface area (Å²) in [7, 11) is 0. The van der Waals surface area contributed by atoms with Gasteiger partial charge < -0.3 is 4.90 Å². The SMILES string of the molecule is CC(C)C(=O)N1CCC[C@H]1c1cc2nc3c(c(=O)n2[nH]1)CN(C(C)C)CC3. The van der Waals surface area contributed by atoms with E-state index in [0.717, 1.165) is 49.3 Å². The molecule has 2 aromatic rings. The summed E-state index contributed by atoms with van der Waals surface area (Å²) in [5.41, 5.74) is 3.28. The Balaban J connectivity index is 1.72. The van der Waals surface area contributed by atoms with E-state index in [4.69, 9.17) is 4.98 Å². The van der Waals surface area contributed by atoms with Crippen molar-refractivity contribution in [2.24, 2.45) is 5.92 Å². The third-order valence-electron chi connectivity index (χ3n) is 5.93. The van der Waals surface area contributed by atoms with Crippen LogP contribution in [0, 0.1) is 5.92 Å². The second-order valence-electron chi connectivity index (χ2n) is 8.41.